The molecule has 0 fully saturated rings. The molecule has 0 spiro atoms. The summed E-state index contributed by atoms with van der Waals surface area (Å²) in [7, 11) is 0. The summed E-state index contributed by atoms with van der Waals surface area (Å²) in [5, 5.41) is 29.6. The second-order valence-corrected chi connectivity index (χ2v) is 8.58. The van der Waals surface area contributed by atoms with Gasteiger partial charge in [0.2, 0.25) is 0 Å². The second-order valence-electron chi connectivity index (χ2n) is 4.53. The quantitative estimate of drug-likeness (QED) is 0.428. The summed E-state index contributed by atoms with van der Waals surface area (Å²) in [5.41, 5.74) is 0.342. The molecular weight excluding hydrogens is 516 g/mol. The summed E-state index contributed by atoms with van der Waals surface area (Å²) in [6.07, 6.45) is 0. The van der Waals surface area contributed by atoms with Gasteiger partial charge in [-0.1, -0.05) is 0 Å². The topological polar surface area (TPSA) is 97.1 Å². The Kier molecular flexibility index (Phi) is 4.27. The van der Waals surface area contributed by atoms with Gasteiger partial charge in [0.05, 0.1) is 18.1 Å². The van der Waals surface area contributed by atoms with E-state index in [4.69, 9.17) is 5.26 Å². The Labute approximate surface area is 158 Å². The zero-order valence-corrected chi connectivity index (χ0v) is 16.5. The SMILES string of the molecule is N#Cc1c(O)c2c(-c3cc(Br)c(O)c(Br)c3)c(Br)sc2[nH]c1=O. The third-order valence-corrected chi connectivity index (χ3v) is 6.20. The summed E-state index contributed by atoms with van der Waals surface area (Å²) in [6.45, 7) is 0. The van der Waals surface area contributed by atoms with Crippen molar-refractivity contribution in [1.29, 1.82) is 5.26 Å². The van der Waals surface area contributed by atoms with Crippen LogP contribution in [0.5, 0.6) is 11.5 Å². The van der Waals surface area contributed by atoms with Crippen molar-refractivity contribution in [3.63, 3.8) is 0 Å². The molecule has 0 bridgehead atoms. The van der Waals surface area contributed by atoms with Crippen LogP contribution in [-0.2, 0) is 0 Å². The molecule has 3 N–H and O–H groups in total. The van der Waals surface area contributed by atoms with Crippen LogP contribution in [-0.4, -0.2) is 15.2 Å². The second kappa shape index (κ2) is 5.94. The summed E-state index contributed by atoms with van der Waals surface area (Å²) in [5.74, 6) is -0.303. The zero-order valence-electron chi connectivity index (χ0n) is 10.9. The first kappa shape index (κ1) is 16.5. The van der Waals surface area contributed by atoms with Crippen LogP contribution < -0.4 is 5.56 Å². The molecule has 0 saturated heterocycles. The number of nitrogens with zero attached hydrogens (tertiary/aromatic N) is 1. The zero-order chi connectivity index (χ0) is 16.9. The third kappa shape index (κ3) is 2.59. The highest BCUT2D eigenvalue weighted by Gasteiger charge is 2.22. The maximum absolute atomic E-state index is 11.8. The normalized spacial score (nSPS) is 10.9. The van der Waals surface area contributed by atoms with Crippen LogP contribution in [0.1, 0.15) is 5.56 Å². The number of pyridine rings is 1. The average Bonchev–Trinajstić information content (AvgIpc) is 2.80. The molecule has 0 atom stereocenters. The van der Waals surface area contributed by atoms with Gasteiger partial charge in [-0.3, -0.25) is 4.79 Å². The first-order valence-electron chi connectivity index (χ1n) is 6.00. The van der Waals surface area contributed by atoms with Crippen LogP contribution in [0.4, 0.5) is 0 Å². The van der Waals surface area contributed by atoms with Gasteiger partial charge in [-0.2, -0.15) is 5.26 Å². The molecule has 116 valence electrons. The number of fused-ring (bicyclic) bond motifs is 1. The molecule has 5 nitrogen and oxygen atoms in total. The molecule has 0 radical (unpaired) electrons. The van der Waals surface area contributed by atoms with E-state index in [9.17, 15) is 15.0 Å². The highest BCUT2D eigenvalue weighted by atomic mass is 79.9. The van der Waals surface area contributed by atoms with Crippen LogP contribution in [0, 0.1) is 11.3 Å². The van der Waals surface area contributed by atoms with Crippen molar-refractivity contribution < 1.29 is 10.2 Å². The Morgan fingerprint density at radius 1 is 1.13 bits per heavy atom. The maximum Gasteiger partial charge on any atom is 0.270 e. The van der Waals surface area contributed by atoms with Gasteiger partial charge in [0, 0.05) is 5.56 Å². The third-order valence-electron chi connectivity index (χ3n) is 3.21. The smallest absolute Gasteiger partial charge is 0.270 e. The molecule has 3 rings (SSSR count). The van der Waals surface area contributed by atoms with Crippen LogP contribution in [0.3, 0.4) is 0 Å². The van der Waals surface area contributed by atoms with E-state index in [1.165, 1.54) is 11.3 Å². The number of rotatable bonds is 1. The predicted octanol–water partition coefficient (Wildman–Crippen LogP) is 4.83. The van der Waals surface area contributed by atoms with Gasteiger partial charge in [0.25, 0.3) is 5.56 Å². The van der Waals surface area contributed by atoms with Crippen molar-refractivity contribution in [2.75, 3.05) is 0 Å². The number of aromatic nitrogens is 1. The maximum atomic E-state index is 11.8. The number of thiophene rings is 1. The van der Waals surface area contributed by atoms with E-state index in [-0.39, 0.29) is 17.1 Å². The Bertz CT molecular complexity index is 1040. The van der Waals surface area contributed by atoms with Gasteiger partial charge in [0.1, 0.15) is 22.4 Å². The number of benzene rings is 1. The van der Waals surface area contributed by atoms with E-state index in [2.05, 4.69) is 52.8 Å². The van der Waals surface area contributed by atoms with Crippen molar-refractivity contribution in [2.24, 2.45) is 0 Å². The van der Waals surface area contributed by atoms with Crippen LogP contribution in [0.25, 0.3) is 21.3 Å². The number of phenolic OH excluding ortho intramolecular Hbond substituents is 1. The van der Waals surface area contributed by atoms with Gasteiger partial charge in [0.15, 0.2) is 5.56 Å². The number of aromatic amines is 1. The largest absolute Gasteiger partial charge is 0.506 e. The highest BCUT2D eigenvalue weighted by Crippen LogP contribution is 2.47. The van der Waals surface area contributed by atoms with Crippen molar-refractivity contribution in [1.82, 2.24) is 4.98 Å². The molecule has 0 saturated carbocycles. The molecule has 0 amide bonds. The standard InChI is InChI=1S/C14H5Br3N2O3S/c15-6-1-4(2-7(16)11(6)21)8-9-10(20)5(3-18)13(22)19-14(9)23-12(8)17/h1-2,21H,(H2,19,20,22). The summed E-state index contributed by atoms with van der Waals surface area (Å²) >= 11 is 11.2. The van der Waals surface area contributed by atoms with Crippen LogP contribution in [0.15, 0.2) is 29.7 Å². The number of aromatic hydroxyl groups is 2. The van der Waals surface area contributed by atoms with Crippen molar-refractivity contribution in [2.45, 2.75) is 0 Å². The molecule has 2 aromatic heterocycles. The molecule has 1 aromatic carbocycles. The molecule has 0 aliphatic rings. The fourth-order valence-corrected chi connectivity index (χ4v) is 5.23. The Balaban J connectivity index is 2.46. The van der Waals surface area contributed by atoms with Gasteiger partial charge in [-0.05, 0) is 65.5 Å². The fourth-order valence-electron chi connectivity index (χ4n) is 2.19. The van der Waals surface area contributed by atoms with Gasteiger partial charge >= 0.3 is 0 Å². The molecule has 2 heterocycles. The Morgan fingerprint density at radius 3 is 2.30 bits per heavy atom. The van der Waals surface area contributed by atoms with Gasteiger partial charge in [-0.25, -0.2) is 0 Å². The first-order chi connectivity index (χ1) is 10.8. The van der Waals surface area contributed by atoms with Crippen LogP contribution >= 0.6 is 59.1 Å². The molecule has 0 unspecified atom stereocenters. The molecule has 9 heteroatoms. The van der Waals surface area contributed by atoms with E-state index in [1.807, 2.05) is 0 Å². The van der Waals surface area contributed by atoms with Gasteiger partial charge in [-0.15, -0.1) is 11.3 Å². The van der Waals surface area contributed by atoms with E-state index >= 15 is 0 Å². The molecule has 3 aromatic rings. The lowest BCUT2D eigenvalue weighted by atomic mass is 10.0. The number of hydrogen-bond acceptors (Lipinski definition) is 5. The molecule has 0 aliphatic heterocycles. The number of phenols is 1. The minimum atomic E-state index is -0.633. The fraction of sp³-hybridized carbons (Fsp3) is 0. The van der Waals surface area contributed by atoms with E-state index in [0.717, 1.165) is 0 Å². The summed E-state index contributed by atoms with van der Waals surface area (Å²) < 4.78 is 1.62. The molecule has 23 heavy (non-hydrogen) atoms. The van der Waals surface area contributed by atoms with Crippen molar-refractivity contribution in [3.8, 4) is 28.7 Å². The predicted molar refractivity (Wildman–Crippen MR) is 99.0 cm³/mol. The lowest BCUT2D eigenvalue weighted by Gasteiger charge is -2.07. The lowest BCUT2D eigenvalue weighted by Crippen LogP contribution is -2.09. The monoisotopic (exact) mass is 518 g/mol. The lowest BCUT2D eigenvalue weighted by molar-refractivity contribution is 0.468. The molecular formula is C14H5Br3N2O3S. The summed E-state index contributed by atoms with van der Waals surface area (Å²) in [4.78, 5) is 14.9. The Hall–Kier alpha value is -1.34. The first-order valence-corrected chi connectivity index (χ1v) is 9.20. The van der Waals surface area contributed by atoms with Gasteiger partial charge < -0.3 is 15.2 Å². The summed E-state index contributed by atoms with van der Waals surface area (Å²) in [6, 6.07) is 5.08. The number of nitriles is 1. The highest BCUT2D eigenvalue weighted by molar-refractivity contribution is 9.11. The molecule has 0 aliphatic carbocycles. The minimum Gasteiger partial charge on any atom is -0.506 e. The Morgan fingerprint density at radius 2 is 1.74 bits per heavy atom. The van der Waals surface area contributed by atoms with E-state index < -0.39 is 5.56 Å². The van der Waals surface area contributed by atoms with Crippen LogP contribution in [0.2, 0.25) is 0 Å². The number of hydrogen-bond donors (Lipinski definition) is 3. The van der Waals surface area contributed by atoms with Crippen molar-refractivity contribution >= 4 is 69.3 Å². The van der Waals surface area contributed by atoms with Crippen molar-refractivity contribution in [3.05, 3.63) is 40.8 Å². The van der Waals surface area contributed by atoms with E-state index in [1.54, 1.807) is 18.2 Å². The average molecular weight is 521 g/mol. The van der Waals surface area contributed by atoms with E-state index in [0.29, 0.717) is 34.1 Å². The number of H-pyrrole nitrogens is 1. The minimum absolute atomic E-state index is 0.0553. The number of halogens is 3. The number of nitrogens with one attached hydrogen (secondary N) is 1.